The molecule has 0 radical (unpaired) electrons. The fraction of sp³-hybridized carbons (Fsp3) is 0.154. The highest BCUT2D eigenvalue weighted by atomic mass is 79.9. The van der Waals surface area contributed by atoms with Gasteiger partial charge in [0.25, 0.3) is 5.91 Å². The van der Waals surface area contributed by atoms with Gasteiger partial charge in [0.2, 0.25) is 0 Å². The minimum absolute atomic E-state index is 0.0473. The van der Waals surface area contributed by atoms with Crippen molar-refractivity contribution in [3.05, 3.63) is 99.3 Å². The zero-order valence-electron chi connectivity index (χ0n) is 18.1. The van der Waals surface area contributed by atoms with E-state index in [9.17, 15) is 14.4 Å². The number of nitrogens with zero attached hydrogens (tertiary/aromatic N) is 1. The van der Waals surface area contributed by atoms with Crippen LogP contribution >= 0.6 is 15.9 Å². The topological polar surface area (TPSA) is 71.3 Å². The summed E-state index contributed by atoms with van der Waals surface area (Å²) in [5.41, 5.74) is 2.14. The maximum Gasteiger partial charge on any atom is 0.262 e. The standard InChI is InChI=1S/C26H22BrFN2O3/c1-17(19-8-4-3-5-9-19)30-26(31)21(15-29)12-20-13-24(32-2)25(14-23(20)27)33-16-18-7-6-10-22(28)11-18/h3-14,17H,16H2,1-2H3,(H,30,31)/b21-12-/t17-/m0/s1. The normalized spacial score (nSPS) is 11.9. The van der Waals surface area contributed by atoms with Crippen molar-refractivity contribution in [2.75, 3.05) is 7.11 Å². The first-order valence-corrected chi connectivity index (χ1v) is 10.9. The molecule has 0 unspecified atom stereocenters. The second-order valence-electron chi connectivity index (χ2n) is 7.22. The fourth-order valence-electron chi connectivity index (χ4n) is 3.13. The van der Waals surface area contributed by atoms with Crippen molar-refractivity contribution < 1.29 is 18.7 Å². The molecule has 1 amide bonds. The van der Waals surface area contributed by atoms with Crippen LogP contribution in [0.1, 0.15) is 29.7 Å². The molecule has 0 aliphatic rings. The molecule has 0 fully saturated rings. The first kappa shape index (κ1) is 24.0. The molecule has 3 aromatic rings. The van der Waals surface area contributed by atoms with E-state index in [-0.39, 0.29) is 24.0 Å². The Morgan fingerprint density at radius 3 is 2.58 bits per heavy atom. The minimum atomic E-state index is -0.480. The largest absolute Gasteiger partial charge is 0.493 e. The van der Waals surface area contributed by atoms with Crippen LogP contribution in [-0.4, -0.2) is 13.0 Å². The molecule has 0 saturated carbocycles. The van der Waals surface area contributed by atoms with Crippen molar-refractivity contribution in [2.45, 2.75) is 19.6 Å². The summed E-state index contributed by atoms with van der Waals surface area (Å²) < 4.78 is 25.2. The lowest BCUT2D eigenvalue weighted by atomic mass is 10.1. The van der Waals surface area contributed by atoms with Crippen molar-refractivity contribution in [1.29, 1.82) is 5.26 Å². The molecule has 0 spiro atoms. The van der Waals surface area contributed by atoms with Crippen LogP contribution in [0.15, 0.2) is 76.8 Å². The highest BCUT2D eigenvalue weighted by Gasteiger charge is 2.16. The molecule has 168 valence electrons. The third-order valence-electron chi connectivity index (χ3n) is 4.88. The Kier molecular flexibility index (Phi) is 8.22. The number of hydrogen-bond acceptors (Lipinski definition) is 4. The van der Waals surface area contributed by atoms with Gasteiger partial charge in [0, 0.05) is 4.47 Å². The Morgan fingerprint density at radius 2 is 1.91 bits per heavy atom. The smallest absolute Gasteiger partial charge is 0.262 e. The molecule has 0 saturated heterocycles. The lowest BCUT2D eigenvalue weighted by Crippen LogP contribution is -2.27. The molecule has 0 aliphatic carbocycles. The molecule has 0 aromatic heterocycles. The number of benzene rings is 3. The second kappa shape index (κ2) is 11.3. The van der Waals surface area contributed by atoms with Gasteiger partial charge in [0.05, 0.1) is 13.2 Å². The Hall–Kier alpha value is -3.63. The minimum Gasteiger partial charge on any atom is -0.493 e. The number of hydrogen-bond donors (Lipinski definition) is 1. The van der Waals surface area contributed by atoms with E-state index in [1.807, 2.05) is 43.3 Å². The average Bonchev–Trinajstić information content (AvgIpc) is 2.82. The molecular formula is C26H22BrFN2O3. The number of halogens is 2. The second-order valence-corrected chi connectivity index (χ2v) is 8.07. The van der Waals surface area contributed by atoms with E-state index in [1.165, 1.54) is 25.3 Å². The van der Waals surface area contributed by atoms with Gasteiger partial charge in [0.1, 0.15) is 24.1 Å². The van der Waals surface area contributed by atoms with Crippen molar-refractivity contribution >= 4 is 27.9 Å². The molecule has 3 rings (SSSR count). The van der Waals surface area contributed by atoms with E-state index in [0.717, 1.165) is 5.56 Å². The monoisotopic (exact) mass is 508 g/mol. The van der Waals surface area contributed by atoms with Gasteiger partial charge in [0.15, 0.2) is 11.5 Å². The van der Waals surface area contributed by atoms with Gasteiger partial charge < -0.3 is 14.8 Å². The molecule has 1 atom stereocenters. The molecule has 0 bridgehead atoms. The summed E-state index contributed by atoms with van der Waals surface area (Å²) in [6, 6.07) is 20.7. The zero-order valence-corrected chi connectivity index (χ0v) is 19.7. The molecule has 33 heavy (non-hydrogen) atoms. The van der Waals surface area contributed by atoms with E-state index in [4.69, 9.17) is 9.47 Å². The lowest BCUT2D eigenvalue weighted by molar-refractivity contribution is -0.117. The van der Waals surface area contributed by atoms with Gasteiger partial charge in [-0.1, -0.05) is 58.4 Å². The average molecular weight is 509 g/mol. The van der Waals surface area contributed by atoms with Gasteiger partial charge in [-0.2, -0.15) is 5.26 Å². The summed E-state index contributed by atoms with van der Waals surface area (Å²) in [6.45, 7) is 2.00. The highest BCUT2D eigenvalue weighted by molar-refractivity contribution is 9.10. The third kappa shape index (κ3) is 6.43. The van der Waals surface area contributed by atoms with Crippen molar-refractivity contribution in [2.24, 2.45) is 0 Å². The van der Waals surface area contributed by atoms with Crippen LogP contribution in [0.2, 0.25) is 0 Å². The number of amides is 1. The van der Waals surface area contributed by atoms with Crippen LogP contribution in [0.3, 0.4) is 0 Å². The number of nitrogens with one attached hydrogen (secondary N) is 1. The number of rotatable bonds is 8. The van der Waals surface area contributed by atoms with E-state index < -0.39 is 5.91 Å². The molecule has 1 N–H and O–H groups in total. The molecule has 7 heteroatoms. The predicted molar refractivity (Wildman–Crippen MR) is 128 cm³/mol. The molecular weight excluding hydrogens is 487 g/mol. The summed E-state index contributed by atoms with van der Waals surface area (Å²) in [5, 5.41) is 12.4. The van der Waals surface area contributed by atoms with E-state index in [2.05, 4.69) is 21.2 Å². The van der Waals surface area contributed by atoms with Crippen LogP contribution in [0.5, 0.6) is 11.5 Å². The van der Waals surface area contributed by atoms with Crippen LogP contribution in [0.4, 0.5) is 4.39 Å². The van der Waals surface area contributed by atoms with Crippen LogP contribution in [0.25, 0.3) is 6.08 Å². The van der Waals surface area contributed by atoms with Crippen molar-refractivity contribution in [1.82, 2.24) is 5.32 Å². The van der Waals surface area contributed by atoms with E-state index >= 15 is 0 Å². The van der Waals surface area contributed by atoms with Gasteiger partial charge in [-0.25, -0.2) is 4.39 Å². The maximum absolute atomic E-state index is 13.4. The summed E-state index contributed by atoms with van der Waals surface area (Å²) in [4.78, 5) is 12.7. The van der Waals surface area contributed by atoms with Crippen LogP contribution in [-0.2, 0) is 11.4 Å². The number of methoxy groups -OCH3 is 1. The van der Waals surface area contributed by atoms with Gasteiger partial charge in [-0.05, 0) is 54.0 Å². The van der Waals surface area contributed by atoms with Gasteiger partial charge >= 0.3 is 0 Å². The summed E-state index contributed by atoms with van der Waals surface area (Å²) in [7, 11) is 1.49. The van der Waals surface area contributed by atoms with Crippen molar-refractivity contribution in [3.63, 3.8) is 0 Å². The summed E-state index contributed by atoms with van der Waals surface area (Å²) in [6.07, 6.45) is 1.48. The third-order valence-corrected chi connectivity index (χ3v) is 5.57. The maximum atomic E-state index is 13.4. The van der Waals surface area contributed by atoms with Crippen molar-refractivity contribution in [3.8, 4) is 17.6 Å². The zero-order chi connectivity index (χ0) is 23.8. The number of carbonyl (C=O) groups excluding carboxylic acids is 1. The Balaban J connectivity index is 1.79. The predicted octanol–water partition coefficient (Wildman–Crippen LogP) is 5.96. The first-order chi connectivity index (χ1) is 15.9. The fourth-order valence-corrected chi connectivity index (χ4v) is 3.56. The molecule has 3 aromatic carbocycles. The Labute approximate surface area is 200 Å². The highest BCUT2D eigenvalue weighted by Crippen LogP contribution is 2.35. The molecule has 0 heterocycles. The first-order valence-electron chi connectivity index (χ1n) is 10.1. The quantitative estimate of drug-likeness (QED) is 0.301. The number of carbonyl (C=O) groups is 1. The van der Waals surface area contributed by atoms with Crippen LogP contribution in [0, 0.1) is 17.1 Å². The van der Waals surface area contributed by atoms with Gasteiger partial charge in [-0.3, -0.25) is 4.79 Å². The summed E-state index contributed by atoms with van der Waals surface area (Å²) in [5.74, 6) is 0.0300. The van der Waals surface area contributed by atoms with E-state index in [0.29, 0.717) is 27.1 Å². The molecule has 0 aliphatic heterocycles. The number of nitriles is 1. The number of ether oxygens (including phenoxy) is 2. The van der Waals surface area contributed by atoms with Gasteiger partial charge in [-0.15, -0.1) is 0 Å². The van der Waals surface area contributed by atoms with E-state index in [1.54, 1.807) is 24.3 Å². The Morgan fingerprint density at radius 1 is 1.15 bits per heavy atom. The lowest BCUT2D eigenvalue weighted by Gasteiger charge is -2.15. The van der Waals surface area contributed by atoms with Crippen LogP contribution < -0.4 is 14.8 Å². The Bertz CT molecular complexity index is 1210. The SMILES string of the molecule is COc1cc(/C=C(/C#N)C(=O)N[C@@H](C)c2ccccc2)c(Br)cc1OCc1cccc(F)c1. The summed E-state index contributed by atoms with van der Waals surface area (Å²) >= 11 is 3.46. The molecule has 5 nitrogen and oxygen atoms in total.